The van der Waals surface area contributed by atoms with Crippen LogP contribution in [0.25, 0.3) is 0 Å². The Morgan fingerprint density at radius 2 is 1.96 bits per heavy atom. The van der Waals surface area contributed by atoms with Crippen molar-refractivity contribution in [2.75, 3.05) is 29.0 Å². The number of amides is 1. The summed E-state index contributed by atoms with van der Waals surface area (Å²) >= 11 is 0. The molecule has 3 rings (SSSR count). The Balaban J connectivity index is 1.80. The van der Waals surface area contributed by atoms with Crippen molar-refractivity contribution in [2.24, 2.45) is 0 Å². The van der Waals surface area contributed by atoms with Crippen LogP contribution in [-0.2, 0) is 14.8 Å². The third-order valence-corrected chi connectivity index (χ3v) is 5.26. The van der Waals surface area contributed by atoms with Gasteiger partial charge in [-0.2, -0.15) is 0 Å². The summed E-state index contributed by atoms with van der Waals surface area (Å²) in [5, 5.41) is 2.75. The molecule has 0 aromatic heterocycles. The van der Waals surface area contributed by atoms with E-state index in [-0.39, 0.29) is 6.54 Å². The molecule has 1 amide bonds. The van der Waals surface area contributed by atoms with Crippen molar-refractivity contribution in [2.45, 2.75) is 20.0 Å². The number of carbonyl (C=O) groups excluding carboxylic acids is 1. The summed E-state index contributed by atoms with van der Waals surface area (Å²) in [4.78, 5) is 12.6. The Morgan fingerprint density at radius 3 is 2.59 bits per heavy atom. The largest absolute Gasteiger partial charge is 0.494 e. The Labute approximate surface area is 158 Å². The lowest BCUT2D eigenvalue weighted by atomic mass is 10.1. The molecule has 0 saturated carbocycles. The molecule has 7 nitrogen and oxygen atoms in total. The molecule has 8 heteroatoms. The van der Waals surface area contributed by atoms with Crippen LogP contribution in [0.3, 0.4) is 0 Å². The lowest BCUT2D eigenvalue weighted by Crippen LogP contribution is -2.48. The second-order valence-electron chi connectivity index (χ2n) is 6.32. The van der Waals surface area contributed by atoms with E-state index in [9.17, 15) is 13.2 Å². The molecule has 1 aliphatic rings. The fourth-order valence-electron chi connectivity index (χ4n) is 2.84. The smallest absolute Gasteiger partial charge is 0.267 e. The van der Waals surface area contributed by atoms with E-state index >= 15 is 0 Å². The Bertz CT molecular complexity index is 941. The van der Waals surface area contributed by atoms with Gasteiger partial charge in [-0.1, -0.05) is 6.07 Å². The van der Waals surface area contributed by atoms with Crippen LogP contribution < -0.4 is 19.1 Å². The number of hydrogen-bond donors (Lipinski definition) is 1. The summed E-state index contributed by atoms with van der Waals surface area (Å²) in [6, 6.07) is 12.2. The molecule has 0 spiro atoms. The number of sulfonamides is 1. The van der Waals surface area contributed by atoms with Gasteiger partial charge in [-0.3, -0.25) is 9.10 Å². The van der Waals surface area contributed by atoms with Gasteiger partial charge in [0.2, 0.25) is 10.0 Å². The zero-order valence-electron chi connectivity index (χ0n) is 15.4. The average molecular weight is 390 g/mol. The predicted octanol–water partition coefficient (Wildman–Crippen LogP) is 2.56. The number of benzene rings is 2. The van der Waals surface area contributed by atoms with E-state index < -0.39 is 22.0 Å². The maximum absolute atomic E-state index is 12.6. The summed E-state index contributed by atoms with van der Waals surface area (Å²) in [5.74, 6) is 0.653. The third kappa shape index (κ3) is 4.33. The highest BCUT2D eigenvalue weighted by Crippen LogP contribution is 2.36. The van der Waals surface area contributed by atoms with Gasteiger partial charge in [-0.15, -0.1) is 0 Å². The first-order valence-corrected chi connectivity index (χ1v) is 10.4. The molecule has 1 atom stereocenters. The minimum Gasteiger partial charge on any atom is -0.494 e. The number of rotatable bonds is 5. The first-order valence-electron chi connectivity index (χ1n) is 8.56. The molecule has 2 aromatic rings. The first kappa shape index (κ1) is 19.0. The predicted molar refractivity (Wildman–Crippen MR) is 104 cm³/mol. The molecule has 0 saturated heterocycles. The van der Waals surface area contributed by atoms with Crippen molar-refractivity contribution in [3.63, 3.8) is 0 Å². The van der Waals surface area contributed by atoms with Crippen molar-refractivity contribution < 1.29 is 22.7 Å². The zero-order chi connectivity index (χ0) is 19.6. The Hall–Kier alpha value is -2.74. The zero-order valence-corrected chi connectivity index (χ0v) is 16.2. The van der Waals surface area contributed by atoms with Crippen molar-refractivity contribution in [1.82, 2.24) is 0 Å². The lowest BCUT2D eigenvalue weighted by Gasteiger charge is -2.34. The number of carbonyl (C=O) groups is 1. The second kappa shape index (κ2) is 7.48. The molecule has 2 aromatic carbocycles. The molecule has 0 bridgehead atoms. The van der Waals surface area contributed by atoms with Gasteiger partial charge in [0.15, 0.2) is 6.10 Å². The SMILES string of the molecule is CCOc1ccc(NC(=O)[C@@H]2CN(S(C)(=O)=O)c3cc(C)ccc3O2)cc1. The Morgan fingerprint density at radius 1 is 1.26 bits per heavy atom. The quantitative estimate of drug-likeness (QED) is 0.848. The van der Waals surface area contributed by atoms with Crippen LogP contribution in [-0.4, -0.2) is 39.8 Å². The van der Waals surface area contributed by atoms with Gasteiger partial charge in [0, 0.05) is 5.69 Å². The van der Waals surface area contributed by atoms with Crippen LogP contribution in [0, 0.1) is 6.92 Å². The highest BCUT2D eigenvalue weighted by Gasteiger charge is 2.35. The summed E-state index contributed by atoms with van der Waals surface area (Å²) < 4.78 is 36.8. The number of nitrogens with zero attached hydrogens (tertiary/aromatic N) is 1. The summed E-state index contributed by atoms with van der Waals surface area (Å²) in [5.41, 5.74) is 1.93. The van der Waals surface area contributed by atoms with Crippen LogP contribution in [0.4, 0.5) is 11.4 Å². The van der Waals surface area contributed by atoms with Gasteiger partial charge in [-0.25, -0.2) is 8.42 Å². The number of hydrogen-bond acceptors (Lipinski definition) is 5. The van der Waals surface area contributed by atoms with E-state index in [0.29, 0.717) is 29.5 Å². The molecule has 0 unspecified atom stereocenters. The van der Waals surface area contributed by atoms with Crippen molar-refractivity contribution >= 4 is 27.3 Å². The van der Waals surface area contributed by atoms with E-state index in [4.69, 9.17) is 9.47 Å². The van der Waals surface area contributed by atoms with Crippen LogP contribution in [0.1, 0.15) is 12.5 Å². The van der Waals surface area contributed by atoms with E-state index in [1.165, 1.54) is 4.31 Å². The van der Waals surface area contributed by atoms with E-state index in [1.807, 2.05) is 19.9 Å². The number of fused-ring (bicyclic) bond motifs is 1. The Kier molecular flexibility index (Phi) is 5.27. The van der Waals surface area contributed by atoms with Gasteiger partial charge in [0.25, 0.3) is 5.91 Å². The molecule has 1 heterocycles. The van der Waals surface area contributed by atoms with Gasteiger partial charge >= 0.3 is 0 Å². The lowest BCUT2D eigenvalue weighted by molar-refractivity contribution is -0.122. The molecule has 0 aliphatic carbocycles. The summed E-state index contributed by atoms with van der Waals surface area (Å²) in [6.45, 7) is 4.23. The van der Waals surface area contributed by atoms with Gasteiger partial charge < -0.3 is 14.8 Å². The fourth-order valence-corrected chi connectivity index (χ4v) is 3.74. The standard InChI is InChI=1S/C19H22N2O5S/c1-4-25-15-8-6-14(7-9-15)20-19(22)18-12-21(27(3,23)24)16-11-13(2)5-10-17(16)26-18/h5-11,18H,4,12H2,1-3H3,(H,20,22)/t18-/m0/s1. The number of ether oxygens (including phenoxy) is 2. The summed E-state index contributed by atoms with van der Waals surface area (Å²) in [7, 11) is -3.55. The van der Waals surface area contributed by atoms with Crippen LogP contribution in [0.5, 0.6) is 11.5 Å². The molecular weight excluding hydrogens is 368 g/mol. The molecule has 144 valence electrons. The topological polar surface area (TPSA) is 84.9 Å². The van der Waals surface area contributed by atoms with Crippen LogP contribution in [0.2, 0.25) is 0 Å². The highest BCUT2D eigenvalue weighted by atomic mass is 32.2. The van der Waals surface area contributed by atoms with Gasteiger partial charge in [0.05, 0.1) is 25.1 Å². The van der Waals surface area contributed by atoms with Crippen molar-refractivity contribution in [3.05, 3.63) is 48.0 Å². The molecular formula is C19H22N2O5S. The molecule has 0 radical (unpaired) electrons. The third-order valence-electron chi connectivity index (χ3n) is 4.11. The van der Waals surface area contributed by atoms with E-state index in [2.05, 4.69) is 5.32 Å². The molecule has 0 fully saturated rings. The van der Waals surface area contributed by atoms with Gasteiger partial charge in [-0.05, 0) is 55.8 Å². The number of anilines is 2. The fraction of sp³-hybridized carbons (Fsp3) is 0.316. The minimum atomic E-state index is -3.55. The maximum atomic E-state index is 12.6. The number of aryl methyl sites for hydroxylation is 1. The van der Waals surface area contributed by atoms with Crippen LogP contribution >= 0.6 is 0 Å². The van der Waals surface area contributed by atoms with Crippen molar-refractivity contribution in [1.29, 1.82) is 0 Å². The van der Waals surface area contributed by atoms with Crippen LogP contribution in [0.15, 0.2) is 42.5 Å². The molecule has 27 heavy (non-hydrogen) atoms. The van der Waals surface area contributed by atoms with E-state index in [0.717, 1.165) is 11.8 Å². The minimum absolute atomic E-state index is 0.0852. The molecule has 1 N–H and O–H groups in total. The van der Waals surface area contributed by atoms with E-state index in [1.54, 1.807) is 36.4 Å². The number of nitrogens with one attached hydrogen (secondary N) is 1. The van der Waals surface area contributed by atoms with Crippen molar-refractivity contribution in [3.8, 4) is 11.5 Å². The normalized spacial score (nSPS) is 16.3. The monoisotopic (exact) mass is 390 g/mol. The first-order chi connectivity index (χ1) is 12.8. The highest BCUT2D eigenvalue weighted by molar-refractivity contribution is 7.92. The molecule has 1 aliphatic heterocycles. The van der Waals surface area contributed by atoms with Gasteiger partial charge in [0.1, 0.15) is 11.5 Å². The second-order valence-corrected chi connectivity index (χ2v) is 8.23. The average Bonchev–Trinajstić information content (AvgIpc) is 2.61. The summed E-state index contributed by atoms with van der Waals surface area (Å²) in [6.07, 6.45) is 0.160. The maximum Gasteiger partial charge on any atom is 0.267 e.